The van der Waals surface area contributed by atoms with E-state index >= 15 is 0 Å². The van der Waals surface area contributed by atoms with Crippen LogP contribution in [0.2, 0.25) is 0 Å². The highest BCUT2D eigenvalue weighted by atomic mass is 35.5. The highest BCUT2D eigenvalue weighted by molar-refractivity contribution is 6.17. The number of rotatable bonds is 3. The van der Waals surface area contributed by atoms with Crippen LogP contribution in [0.4, 0.5) is 0 Å². The Bertz CT molecular complexity index is 458. The van der Waals surface area contributed by atoms with Crippen LogP contribution in [-0.2, 0) is 9.53 Å². The Morgan fingerprint density at radius 1 is 1.41 bits per heavy atom. The molecule has 0 amide bonds. The maximum absolute atomic E-state index is 11.7. The molecule has 90 valence electrons. The first-order valence-corrected chi connectivity index (χ1v) is 5.77. The van der Waals surface area contributed by atoms with Crippen LogP contribution in [0, 0.1) is 0 Å². The quantitative estimate of drug-likeness (QED) is 0.662. The van der Waals surface area contributed by atoms with E-state index in [1.54, 1.807) is 24.3 Å². The minimum Gasteiger partial charge on any atom is -0.481 e. The van der Waals surface area contributed by atoms with E-state index < -0.39 is 24.0 Å². The number of carbonyl (C=O) groups is 2. The van der Waals surface area contributed by atoms with E-state index in [1.807, 2.05) is 0 Å². The van der Waals surface area contributed by atoms with Gasteiger partial charge in [-0.05, 0) is 18.1 Å². The lowest BCUT2D eigenvalue weighted by molar-refractivity contribution is -0.142. The Balaban J connectivity index is 2.46. The molecule has 1 heterocycles. The predicted octanol–water partition coefficient (Wildman–Crippen LogP) is 2.02. The van der Waals surface area contributed by atoms with Crippen LogP contribution in [-0.4, -0.2) is 29.0 Å². The van der Waals surface area contributed by atoms with Crippen molar-refractivity contribution in [3.8, 4) is 0 Å². The average Bonchev–Trinajstić information content (AvgIpc) is 2.29. The van der Waals surface area contributed by atoms with Crippen LogP contribution in [0.5, 0.6) is 0 Å². The first kappa shape index (κ1) is 11.9. The fraction of sp³-hybridized carbons (Fsp3) is 0.333. The second-order valence-corrected chi connectivity index (χ2v) is 4.20. The van der Waals surface area contributed by atoms with Crippen LogP contribution >= 0.6 is 11.6 Å². The van der Waals surface area contributed by atoms with Crippen LogP contribution in [0.15, 0.2) is 24.3 Å². The van der Waals surface area contributed by atoms with Gasteiger partial charge in [0.25, 0.3) is 0 Å². The molecule has 1 aromatic rings. The minimum absolute atomic E-state index is 0.254. The molecule has 0 fully saturated rings. The molecule has 0 spiro atoms. The van der Waals surface area contributed by atoms with Crippen molar-refractivity contribution >= 4 is 23.5 Å². The molecule has 0 bridgehead atoms. The topological polar surface area (TPSA) is 63.6 Å². The Kier molecular flexibility index (Phi) is 3.33. The van der Waals surface area contributed by atoms with Gasteiger partial charge >= 0.3 is 11.9 Å². The third-order valence-corrected chi connectivity index (χ3v) is 3.02. The zero-order valence-corrected chi connectivity index (χ0v) is 9.68. The molecule has 1 N–H and O–H groups in total. The molecule has 4 nitrogen and oxygen atoms in total. The van der Waals surface area contributed by atoms with E-state index in [4.69, 9.17) is 16.3 Å². The molecule has 0 unspecified atom stereocenters. The number of esters is 1. The van der Waals surface area contributed by atoms with Gasteiger partial charge in [-0.1, -0.05) is 18.2 Å². The van der Waals surface area contributed by atoms with Gasteiger partial charge in [-0.25, -0.2) is 4.79 Å². The smallest absolute Gasteiger partial charge is 0.338 e. The molecule has 0 saturated carbocycles. The number of benzene rings is 1. The molecular weight excluding hydrogens is 244 g/mol. The molecule has 0 aliphatic carbocycles. The average molecular weight is 255 g/mol. The summed E-state index contributed by atoms with van der Waals surface area (Å²) in [5.41, 5.74) is 0.831. The maximum atomic E-state index is 11.7. The maximum Gasteiger partial charge on any atom is 0.338 e. The second-order valence-electron chi connectivity index (χ2n) is 3.82. The molecule has 1 aliphatic heterocycles. The highest BCUT2D eigenvalue weighted by Crippen LogP contribution is 2.33. The number of halogens is 1. The number of carboxylic acid groups (broad SMARTS) is 1. The number of ether oxygens (including phenoxy) is 1. The van der Waals surface area contributed by atoms with Gasteiger partial charge in [0.1, 0.15) is 12.0 Å². The molecular formula is C12H11ClO4. The van der Waals surface area contributed by atoms with Gasteiger partial charge < -0.3 is 9.84 Å². The van der Waals surface area contributed by atoms with Gasteiger partial charge in [0.2, 0.25) is 0 Å². The molecule has 17 heavy (non-hydrogen) atoms. The van der Waals surface area contributed by atoms with E-state index in [2.05, 4.69) is 0 Å². The van der Waals surface area contributed by atoms with E-state index in [1.165, 1.54) is 0 Å². The van der Waals surface area contributed by atoms with Crippen molar-refractivity contribution in [3.63, 3.8) is 0 Å². The summed E-state index contributed by atoms with van der Waals surface area (Å²) in [5.74, 6) is -2.06. The summed E-state index contributed by atoms with van der Waals surface area (Å²) >= 11 is 5.60. The lowest BCUT2D eigenvalue weighted by Crippen LogP contribution is -2.36. The third kappa shape index (κ3) is 2.13. The summed E-state index contributed by atoms with van der Waals surface area (Å²) in [6, 6.07) is 6.62. The van der Waals surface area contributed by atoms with Crippen LogP contribution in [0.3, 0.4) is 0 Å². The number of carbonyl (C=O) groups excluding carboxylic acids is 1. The fourth-order valence-corrected chi connectivity index (χ4v) is 2.26. The van der Waals surface area contributed by atoms with E-state index in [-0.39, 0.29) is 5.88 Å². The van der Waals surface area contributed by atoms with Crippen molar-refractivity contribution in [2.24, 2.45) is 0 Å². The number of carboxylic acids is 1. The zero-order chi connectivity index (χ0) is 12.4. The number of hydrogen-bond acceptors (Lipinski definition) is 3. The van der Waals surface area contributed by atoms with Gasteiger partial charge in [0.05, 0.1) is 5.56 Å². The number of cyclic esters (lactones) is 1. The number of aliphatic carboxylic acids is 1. The monoisotopic (exact) mass is 254 g/mol. The lowest BCUT2D eigenvalue weighted by Gasteiger charge is -2.29. The number of alkyl halides is 1. The molecule has 0 saturated heterocycles. The predicted molar refractivity (Wildman–Crippen MR) is 61.4 cm³/mol. The molecule has 0 radical (unpaired) electrons. The van der Waals surface area contributed by atoms with Crippen LogP contribution in [0.25, 0.3) is 0 Å². The van der Waals surface area contributed by atoms with Crippen molar-refractivity contribution in [1.29, 1.82) is 0 Å². The number of hydrogen-bond donors (Lipinski definition) is 1. The molecule has 5 heteroatoms. The van der Waals surface area contributed by atoms with E-state index in [9.17, 15) is 14.7 Å². The van der Waals surface area contributed by atoms with Gasteiger partial charge in [-0.15, -0.1) is 11.6 Å². The van der Waals surface area contributed by atoms with Crippen molar-refractivity contribution in [2.45, 2.75) is 18.4 Å². The summed E-state index contributed by atoms with van der Waals surface area (Å²) in [6.07, 6.45) is -0.356. The van der Waals surface area contributed by atoms with Gasteiger partial charge in [0.15, 0.2) is 0 Å². The Morgan fingerprint density at radius 3 is 2.76 bits per heavy atom. The van der Waals surface area contributed by atoms with E-state index in [0.29, 0.717) is 17.5 Å². The van der Waals surface area contributed by atoms with Crippen LogP contribution < -0.4 is 0 Å². The lowest BCUT2D eigenvalue weighted by atomic mass is 9.86. The highest BCUT2D eigenvalue weighted by Gasteiger charge is 2.39. The van der Waals surface area contributed by atoms with Crippen molar-refractivity contribution in [2.75, 3.05) is 5.88 Å². The second kappa shape index (κ2) is 4.75. The molecule has 1 aliphatic rings. The summed E-state index contributed by atoms with van der Waals surface area (Å²) < 4.78 is 5.12. The number of fused-ring (bicyclic) bond motifs is 1. The van der Waals surface area contributed by atoms with Crippen molar-refractivity contribution < 1.29 is 19.4 Å². The van der Waals surface area contributed by atoms with Crippen molar-refractivity contribution in [3.05, 3.63) is 35.4 Å². The molecule has 0 aromatic heterocycles. The Hall–Kier alpha value is -1.55. The van der Waals surface area contributed by atoms with Gasteiger partial charge in [-0.3, -0.25) is 4.79 Å². The summed E-state index contributed by atoms with van der Waals surface area (Å²) in [4.78, 5) is 23.0. The molecule has 2 rings (SSSR count). The largest absolute Gasteiger partial charge is 0.481 e. The molecule has 2 atom stereocenters. The first-order chi connectivity index (χ1) is 8.15. The molecule has 1 aromatic carbocycles. The van der Waals surface area contributed by atoms with Crippen molar-refractivity contribution in [1.82, 2.24) is 0 Å². The summed E-state index contributed by atoms with van der Waals surface area (Å²) in [5, 5.41) is 9.23. The first-order valence-electron chi connectivity index (χ1n) is 5.24. The zero-order valence-electron chi connectivity index (χ0n) is 8.93. The Labute approximate surface area is 103 Å². The normalized spacial score (nSPS) is 22.8. The standard InChI is InChI=1S/C12H11ClO4/c13-6-5-9-10(11(14)15)7-3-1-2-4-8(7)12(16)17-9/h1-4,9-10H,5-6H2,(H,14,15)/t9-,10+/m1/s1. The summed E-state index contributed by atoms with van der Waals surface area (Å²) in [6.45, 7) is 0. The van der Waals surface area contributed by atoms with Gasteiger partial charge in [0, 0.05) is 5.88 Å². The SMILES string of the molecule is O=C1O[C@H](CCCl)[C@@H](C(=O)O)c2ccccc21. The van der Waals surface area contributed by atoms with E-state index in [0.717, 1.165) is 0 Å². The third-order valence-electron chi connectivity index (χ3n) is 2.81. The fourth-order valence-electron chi connectivity index (χ4n) is 2.05. The van der Waals surface area contributed by atoms with Gasteiger partial charge in [-0.2, -0.15) is 0 Å². The summed E-state index contributed by atoms with van der Waals surface area (Å²) in [7, 11) is 0. The minimum atomic E-state index is -1.000. The van der Waals surface area contributed by atoms with Crippen LogP contribution in [0.1, 0.15) is 28.3 Å². The Morgan fingerprint density at radius 2 is 2.12 bits per heavy atom.